The van der Waals surface area contributed by atoms with Gasteiger partial charge in [0.15, 0.2) is 0 Å². The molecule has 1 aromatic carbocycles. The lowest BCUT2D eigenvalue weighted by Crippen LogP contribution is -2.35. The maximum Gasteiger partial charge on any atom is 0.0629 e. The summed E-state index contributed by atoms with van der Waals surface area (Å²) in [5.74, 6) is 0. The third kappa shape index (κ3) is 4.65. The third-order valence-corrected chi connectivity index (χ3v) is 4.67. The lowest BCUT2D eigenvalue weighted by atomic mass is 10.1. The van der Waals surface area contributed by atoms with Crippen LogP contribution < -0.4 is 5.32 Å². The Bertz CT molecular complexity index is 587. The number of aromatic nitrogens is 2. The van der Waals surface area contributed by atoms with Crippen LogP contribution in [0.15, 0.2) is 44.9 Å². The standard InChI is InChI=1S/C15H20BrN3S/c1-15(2,3)17-8-11-5-6-14(13(16)7-11)20-12-9-18-19(4)10-12/h5-7,9-10,17H,8H2,1-4H3. The van der Waals surface area contributed by atoms with Gasteiger partial charge in [-0.05, 0) is 54.4 Å². The van der Waals surface area contributed by atoms with Crippen LogP contribution in [0.5, 0.6) is 0 Å². The van der Waals surface area contributed by atoms with Gasteiger partial charge in [-0.25, -0.2) is 0 Å². The first-order valence-electron chi connectivity index (χ1n) is 6.53. The van der Waals surface area contributed by atoms with Gasteiger partial charge in [0.2, 0.25) is 0 Å². The molecule has 3 nitrogen and oxygen atoms in total. The normalized spacial score (nSPS) is 11.8. The Hall–Kier alpha value is -0.780. The highest BCUT2D eigenvalue weighted by molar-refractivity contribution is 9.10. The average Bonchev–Trinajstić information content (AvgIpc) is 2.74. The van der Waals surface area contributed by atoms with Gasteiger partial charge in [0.05, 0.1) is 11.1 Å². The summed E-state index contributed by atoms with van der Waals surface area (Å²) in [7, 11) is 1.93. The number of rotatable bonds is 4. The first-order valence-corrected chi connectivity index (χ1v) is 8.14. The van der Waals surface area contributed by atoms with Crippen LogP contribution in [0.1, 0.15) is 26.3 Å². The first-order chi connectivity index (χ1) is 9.33. The second-order valence-corrected chi connectivity index (χ2v) is 7.79. The van der Waals surface area contributed by atoms with Gasteiger partial charge in [-0.2, -0.15) is 5.10 Å². The van der Waals surface area contributed by atoms with E-state index in [1.807, 2.05) is 24.1 Å². The molecule has 1 N–H and O–H groups in total. The van der Waals surface area contributed by atoms with Crippen LogP contribution in [-0.4, -0.2) is 15.3 Å². The van der Waals surface area contributed by atoms with Crippen LogP contribution in [0.2, 0.25) is 0 Å². The van der Waals surface area contributed by atoms with Crippen LogP contribution in [-0.2, 0) is 13.6 Å². The van der Waals surface area contributed by atoms with Crippen LogP contribution in [0.3, 0.4) is 0 Å². The second-order valence-electron chi connectivity index (χ2n) is 5.82. The van der Waals surface area contributed by atoms with Gasteiger partial charge < -0.3 is 5.32 Å². The van der Waals surface area contributed by atoms with Crippen molar-refractivity contribution in [1.29, 1.82) is 0 Å². The minimum atomic E-state index is 0.135. The van der Waals surface area contributed by atoms with Crippen LogP contribution >= 0.6 is 27.7 Å². The summed E-state index contributed by atoms with van der Waals surface area (Å²) in [5, 5.41) is 7.68. The Morgan fingerprint density at radius 1 is 1.35 bits per heavy atom. The summed E-state index contributed by atoms with van der Waals surface area (Å²) in [6.45, 7) is 7.40. The molecule has 0 saturated carbocycles. The van der Waals surface area contributed by atoms with E-state index in [1.54, 1.807) is 11.8 Å². The van der Waals surface area contributed by atoms with E-state index in [0.29, 0.717) is 0 Å². The van der Waals surface area contributed by atoms with Gasteiger partial charge in [-0.3, -0.25) is 4.68 Å². The van der Waals surface area contributed by atoms with Crippen molar-refractivity contribution in [2.45, 2.75) is 42.6 Å². The summed E-state index contributed by atoms with van der Waals surface area (Å²) in [6.07, 6.45) is 3.90. The van der Waals surface area contributed by atoms with E-state index in [-0.39, 0.29) is 5.54 Å². The molecule has 1 aromatic heterocycles. The number of nitrogens with zero attached hydrogens (tertiary/aromatic N) is 2. The van der Waals surface area contributed by atoms with E-state index < -0.39 is 0 Å². The molecule has 0 aliphatic heterocycles. The molecule has 5 heteroatoms. The quantitative estimate of drug-likeness (QED) is 0.892. The Kier molecular flexibility index (Phi) is 4.94. The molecule has 0 aliphatic rings. The highest BCUT2D eigenvalue weighted by Gasteiger charge is 2.10. The fourth-order valence-corrected chi connectivity index (χ4v) is 3.20. The predicted octanol–water partition coefficient (Wildman–Crippen LogP) is 4.22. The fraction of sp³-hybridized carbons (Fsp3) is 0.400. The lowest BCUT2D eigenvalue weighted by molar-refractivity contribution is 0.424. The van der Waals surface area contributed by atoms with Gasteiger partial charge in [0.25, 0.3) is 0 Å². The largest absolute Gasteiger partial charge is 0.308 e. The van der Waals surface area contributed by atoms with Gasteiger partial charge in [0, 0.05) is 34.7 Å². The fourth-order valence-electron chi connectivity index (χ4n) is 1.68. The smallest absolute Gasteiger partial charge is 0.0629 e. The topological polar surface area (TPSA) is 29.9 Å². The molecule has 2 aromatic rings. The maximum absolute atomic E-state index is 4.19. The minimum absolute atomic E-state index is 0.135. The number of hydrogen-bond donors (Lipinski definition) is 1. The molecular weight excluding hydrogens is 334 g/mol. The molecule has 108 valence electrons. The predicted molar refractivity (Wildman–Crippen MR) is 88.1 cm³/mol. The molecule has 20 heavy (non-hydrogen) atoms. The van der Waals surface area contributed by atoms with E-state index >= 15 is 0 Å². The van der Waals surface area contributed by atoms with Crippen LogP contribution in [0.4, 0.5) is 0 Å². The molecule has 0 spiro atoms. The van der Waals surface area contributed by atoms with E-state index in [2.05, 4.69) is 65.3 Å². The van der Waals surface area contributed by atoms with E-state index in [9.17, 15) is 0 Å². The summed E-state index contributed by atoms with van der Waals surface area (Å²) >= 11 is 5.37. The van der Waals surface area contributed by atoms with Crippen molar-refractivity contribution in [3.63, 3.8) is 0 Å². The molecule has 0 radical (unpaired) electrons. The van der Waals surface area contributed by atoms with Crippen molar-refractivity contribution in [3.8, 4) is 0 Å². The van der Waals surface area contributed by atoms with Crippen LogP contribution in [0, 0.1) is 0 Å². The van der Waals surface area contributed by atoms with Crippen molar-refractivity contribution in [1.82, 2.24) is 15.1 Å². The number of aryl methyl sites for hydroxylation is 1. The van der Waals surface area contributed by atoms with Crippen molar-refractivity contribution in [2.75, 3.05) is 0 Å². The molecule has 1 heterocycles. The Morgan fingerprint density at radius 3 is 2.65 bits per heavy atom. The molecule has 0 unspecified atom stereocenters. The molecule has 2 rings (SSSR count). The number of halogens is 1. The summed E-state index contributed by atoms with van der Waals surface area (Å²) < 4.78 is 2.94. The molecule has 0 bridgehead atoms. The van der Waals surface area contributed by atoms with E-state index in [0.717, 1.165) is 15.9 Å². The average molecular weight is 354 g/mol. The van der Waals surface area contributed by atoms with E-state index in [1.165, 1.54) is 10.5 Å². The van der Waals surface area contributed by atoms with Crippen molar-refractivity contribution >= 4 is 27.7 Å². The molecule has 0 saturated heterocycles. The second kappa shape index (κ2) is 6.33. The highest BCUT2D eigenvalue weighted by Crippen LogP contribution is 2.33. The molecule has 0 fully saturated rings. The molecular formula is C15H20BrN3S. The number of nitrogens with one attached hydrogen (secondary N) is 1. The van der Waals surface area contributed by atoms with Gasteiger partial charge in [-0.1, -0.05) is 17.8 Å². The SMILES string of the molecule is Cn1cc(Sc2ccc(CNC(C)(C)C)cc2Br)cn1. The van der Waals surface area contributed by atoms with Gasteiger partial charge in [-0.15, -0.1) is 0 Å². The van der Waals surface area contributed by atoms with Crippen molar-refractivity contribution in [2.24, 2.45) is 7.05 Å². The first kappa shape index (κ1) is 15.6. The van der Waals surface area contributed by atoms with E-state index in [4.69, 9.17) is 0 Å². The van der Waals surface area contributed by atoms with Gasteiger partial charge in [0.1, 0.15) is 0 Å². The summed E-state index contributed by atoms with van der Waals surface area (Å²) in [4.78, 5) is 2.35. The van der Waals surface area contributed by atoms with Crippen molar-refractivity contribution < 1.29 is 0 Å². The van der Waals surface area contributed by atoms with Crippen LogP contribution in [0.25, 0.3) is 0 Å². The lowest BCUT2D eigenvalue weighted by Gasteiger charge is -2.20. The number of benzene rings is 1. The van der Waals surface area contributed by atoms with Crippen molar-refractivity contribution in [3.05, 3.63) is 40.6 Å². The molecule has 0 amide bonds. The monoisotopic (exact) mass is 353 g/mol. The maximum atomic E-state index is 4.19. The molecule has 0 atom stereocenters. The highest BCUT2D eigenvalue weighted by atomic mass is 79.9. The Balaban J connectivity index is 2.06. The molecule has 0 aliphatic carbocycles. The zero-order valence-electron chi connectivity index (χ0n) is 12.3. The summed E-state index contributed by atoms with van der Waals surface area (Å²) in [6, 6.07) is 6.50. The number of hydrogen-bond acceptors (Lipinski definition) is 3. The van der Waals surface area contributed by atoms with Gasteiger partial charge >= 0.3 is 0 Å². The zero-order chi connectivity index (χ0) is 14.8. The Labute approximate surface area is 133 Å². The third-order valence-electron chi connectivity index (χ3n) is 2.73. The Morgan fingerprint density at radius 2 is 2.10 bits per heavy atom. The summed E-state index contributed by atoms with van der Waals surface area (Å²) in [5.41, 5.74) is 1.41. The minimum Gasteiger partial charge on any atom is -0.308 e. The zero-order valence-corrected chi connectivity index (χ0v) is 14.7.